The molecule has 0 bridgehead atoms. The van der Waals surface area contributed by atoms with Crippen LogP contribution in [0.25, 0.3) is 0 Å². The number of ether oxygens (including phenoxy) is 1. The number of carboxylic acids is 1. The molecule has 3 atom stereocenters. The Hall–Kier alpha value is -2.08. The normalized spacial score (nSPS) is 26.6. The summed E-state index contributed by atoms with van der Waals surface area (Å²) in [7, 11) is 1.58. The van der Waals surface area contributed by atoms with E-state index in [2.05, 4.69) is 5.32 Å². The van der Waals surface area contributed by atoms with E-state index >= 15 is 0 Å². The Kier molecular flexibility index (Phi) is 5.04. The molecule has 6 heteroatoms. The fraction of sp³-hybridized carbons (Fsp3) is 0.556. The third-order valence-corrected chi connectivity index (χ3v) is 5.19. The van der Waals surface area contributed by atoms with Crippen molar-refractivity contribution >= 4 is 17.6 Å². The van der Waals surface area contributed by atoms with E-state index in [0.29, 0.717) is 23.8 Å². The van der Waals surface area contributed by atoms with Crippen LogP contribution in [0.15, 0.2) is 24.3 Å². The Morgan fingerprint density at radius 3 is 2.88 bits per heavy atom. The van der Waals surface area contributed by atoms with Gasteiger partial charge in [0, 0.05) is 17.8 Å². The second kappa shape index (κ2) is 7.21. The lowest BCUT2D eigenvalue weighted by molar-refractivity contribution is -0.143. The highest BCUT2D eigenvalue weighted by Gasteiger charge is 2.45. The van der Waals surface area contributed by atoms with Crippen molar-refractivity contribution in [2.24, 2.45) is 5.92 Å². The molecule has 2 fully saturated rings. The highest BCUT2D eigenvalue weighted by Crippen LogP contribution is 2.39. The molecule has 0 radical (unpaired) electrons. The quantitative estimate of drug-likeness (QED) is 0.865. The molecule has 1 saturated carbocycles. The summed E-state index contributed by atoms with van der Waals surface area (Å²) in [6.07, 6.45) is 4.99. The number of nitrogens with one attached hydrogen (secondary N) is 1. The summed E-state index contributed by atoms with van der Waals surface area (Å²) >= 11 is 0. The van der Waals surface area contributed by atoms with Crippen molar-refractivity contribution in [3.63, 3.8) is 0 Å². The van der Waals surface area contributed by atoms with Crippen LogP contribution in [0.4, 0.5) is 5.69 Å². The molecule has 3 rings (SSSR count). The zero-order chi connectivity index (χ0) is 17.1. The maximum atomic E-state index is 12.4. The second-order valence-electron chi connectivity index (χ2n) is 6.65. The van der Waals surface area contributed by atoms with Gasteiger partial charge >= 0.3 is 5.97 Å². The zero-order valence-electron chi connectivity index (χ0n) is 13.9. The molecular formula is C18H24N2O4. The Bertz CT molecular complexity index is 619. The van der Waals surface area contributed by atoms with Crippen molar-refractivity contribution in [2.75, 3.05) is 19.0 Å². The van der Waals surface area contributed by atoms with Gasteiger partial charge in [-0.3, -0.25) is 14.5 Å². The number of nitrogens with zero attached hydrogens (tertiary/aromatic N) is 1. The van der Waals surface area contributed by atoms with Crippen LogP contribution in [0, 0.1) is 5.92 Å². The van der Waals surface area contributed by atoms with E-state index in [1.54, 1.807) is 19.2 Å². The van der Waals surface area contributed by atoms with E-state index in [-0.39, 0.29) is 18.5 Å². The summed E-state index contributed by atoms with van der Waals surface area (Å²) < 4.78 is 5.15. The smallest absolute Gasteiger partial charge is 0.320 e. The van der Waals surface area contributed by atoms with E-state index in [1.165, 1.54) is 0 Å². The van der Waals surface area contributed by atoms with E-state index in [0.717, 1.165) is 25.7 Å². The molecule has 24 heavy (non-hydrogen) atoms. The van der Waals surface area contributed by atoms with E-state index in [4.69, 9.17) is 4.74 Å². The molecule has 1 amide bonds. The summed E-state index contributed by atoms with van der Waals surface area (Å²) in [6, 6.07) is 6.83. The average Bonchev–Trinajstić information content (AvgIpc) is 2.94. The molecule has 6 nitrogen and oxygen atoms in total. The Morgan fingerprint density at radius 2 is 2.12 bits per heavy atom. The first-order valence-corrected chi connectivity index (χ1v) is 8.51. The lowest BCUT2D eigenvalue weighted by Crippen LogP contribution is -2.46. The molecule has 1 aliphatic carbocycles. The van der Waals surface area contributed by atoms with Crippen molar-refractivity contribution in [3.05, 3.63) is 24.3 Å². The number of fused-ring (bicyclic) bond motifs is 1. The third-order valence-electron chi connectivity index (χ3n) is 5.19. The number of carbonyl (C=O) groups is 2. The Labute approximate surface area is 141 Å². The minimum atomic E-state index is -0.821. The number of methoxy groups -OCH3 is 1. The largest absolute Gasteiger partial charge is 0.497 e. The summed E-state index contributed by atoms with van der Waals surface area (Å²) in [5, 5.41) is 12.4. The van der Waals surface area contributed by atoms with Gasteiger partial charge in [0.1, 0.15) is 11.8 Å². The molecule has 130 valence electrons. The van der Waals surface area contributed by atoms with Crippen LogP contribution in [0.3, 0.4) is 0 Å². The third kappa shape index (κ3) is 3.53. The fourth-order valence-corrected chi connectivity index (χ4v) is 4.09. The number of hydrogen-bond donors (Lipinski definition) is 2. The number of hydrogen-bond acceptors (Lipinski definition) is 4. The van der Waals surface area contributed by atoms with Crippen LogP contribution >= 0.6 is 0 Å². The number of amides is 1. The number of aliphatic carboxylic acids is 1. The van der Waals surface area contributed by atoms with E-state index < -0.39 is 12.0 Å². The van der Waals surface area contributed by atoms with E-state index in [1.807, 2.05) is 17.0 Å². The van der Waals surface area contributed by atoms with Gasteiger partial charge in [-0.25, -0.2) is 0 Å². The number of rotatable bonds is 5. The van der Waals surface area contributed by atoms with Gasteiger partial charge in [-0.2, -0.15) is 0 Å². The average molecular weight is 332 g/mol. The number of likely N-dealkylation sites (tertiary alicyclic amines) is 1. The first-order chi connectivity index (χ1) is 11.6. The fourth-order valence-electron chi connectivity index (χ4n) is 4.09. The Balaban J connectivity index is 1.68. The molecular weight excluding hydrogens is 308 g/mol. The van der Waals surface area contributed by atoms with Crippen molar-refractivity contribution in [2.45, 2.75) is 44.2 Å². The minimum Gasteiger partial charge on any atom is -0.497 e. The maximum absolute atomic E-state index is 12.4. The number of benzene rings is 1. The second-order valence-corrected chi connectivity index (χ2v) is 6.65. The van der Waals surface area contributed by atoms with Crippen molar-refractivity contribution in [1.82, 2.24) is 4.90 Å². The van der Waals surface area contributed by atoms with Gasteiger partial charge in [-0.05, 0) is 37.3 Å². The van der Waals surface area contributed by atoms with Gasteiger partial charge in [0.25, 0.3) is 0 Å². The number of carboxylic acid groups (broad SMARTS) is 1. The summed E-state index contributed by atoms with van der Waals surface area (Å²) in [5.41, 5.74) is 0.658. The molecule has 1 saturated heterocycles. The number of carbonyl (C=O) groups excluding carboxylic acids is 1. The van der Waals surface area contributed by atoms with Gasteiger partial charge < -0.3 is 15.2 Å². The zero-order valence-corrected chi connectivity index (χ0v) is 13.9. The standard InChI is InChI=1S/C18H24N2O4/c1-24-14-7-4-6-13(10-14)19-17(21)11-20-15-8-3-2-5-12(15)9-16(20)18(22)23/h4,6-7,10,12,15-16H,2-3,5,8-9,11H2,1H3,(H,19,21)(H,22,23). The number of anilines is 1. The van der Waals surface area contributed by atoms with Gasteiger partial charge in [0.15, 0.2) is 0 Å². The maximum Gasteiger partial charge on any atom is 0.320 e. The van der Waals surface area contributed by atoms with Gasteiger partial charge in [0.05, 0.1) is 13.7 Å². The van der Waals surface area contributed by atoms with Gasteiger partial charge in [-0.1, -0.05) is 18.9 Å². The highest BCUT2D eigenvalue weighted by molar-refractivity contribution is 5.93. The highest BCUT2D eigenvalue weighted by atomic mass is 16.5. The molecule has 3 unspecified atom stereocenters. The lowest BCUT2D eigenvalue weighted by Gasteiger charge is -2.32. The predicted molar refractivity (Wildman–Crippen MR) is 90.1 cm³/mol. The summed E-state index contributed by atoms with van der Waals surface area (Å²) in [4.78, 5) is 25.9. The topological polar surface area (TPSA) is 78.9 Å². The molecule has 1 aliphatic heterocycles. The SMILES string of the molecule is COc1cccc(NC(=O)CN2C(C(=O)O)CC3CCCCC32)c1. The molecule has 0 aromatic heterocycles. The van der Waals surface area contributed by atoms with Crippen LogP contribution in [0.1, 0.15) is 32.1 Å². The van der Waals surface area contributed by atoms with E-state index in [9.17, 15) is 14.7 Å². The van der Waals surface area contributed by atoms with Gasteiger partial charge in [0.2, 0.25) is 5.91 Å². The molecule has 1 aromatic carbocycles. The van der Waals surface area contributed by atoms with Crippen LogP contribution in [-0.4, -0.2) is 47.6 Å². The molecule has 1 aromatic rings. The lowest BCUT2D eigenvalue weighted by atomic mass is 9.85. The van der Waals surface area contributed by atoms with Crippen LogP contribution in [-0.2, 0) is 9.59 Å². The molecule has 2 N–H and O–H groups in total. The molecule has 2 aliphatic rings. The summed E-state index contributed by atoms with van der Waals surface area (Å²) in [5.74, 6) is 0.0773. The molecule has 0 spiro atoms. The van der Waals surface area contributed by atoms with Crippen LogP contribution in [0.2, 0.25) is 0 Å². The minimum absolute atomic E-state index is 0.120. The Morgan fingerprint density at radius 1 is 1.33 bits per heavy atom. The monoisotopic (exact) mass is 332 g/mol. The van der Waals surface area contributed by atoms with Gasteiger partial charge in [-0.15, -0.1) is 0 Å². The molecule has 1 heterocycles. The summed E-state index contributed by atoms with van der Waals surface area (Å²) in [6.45, 7) is 0.120. The van der Waals surface area contributed by atoms with Crippen molar-refractivity contribution < 1.29 is 19.4 Å². The first-order valence-electron chi connectivity index (χ1n) is 8.51. The van der Waals surface area contributed by atoms with Crippen LogP contribution in [0.5, 0.6) is 5.75 Å². The predicted octanol–water partition coefficient (Wildman–Crippen LogP) is 2.35. The first kappa shape index (κ1) is 16.8. The van der Waals surface area contributed by atoms with Crippen molar-refractivity contribution in [3.8, 4) is 5.75 Å². The van der Waals surface area contributed by atoms with Crippen LogP contribution < -0.4 is 10.1 Å². The van der Waals surface area contributed by atoms with Crippen molar-refractivity contribution in [1.29, 1.82) is 0 Å².